The molecule has 152 valence electrons. The Morgan fingerprint density at radius 2 is 1.31 bits per heavy atom. The van der Waals surface area contributed by atoms with E-state index in [9.17, 15) is 0 Å². The summed E-state index contributed by atoms with van der Waals surface area (Å²) in [5.74, 6) is 0.948. The smallest absolute Gasteiger partial charge is 0.145 e. The van der Waals surface area contributed by atoms with Crippen molar-refractivity contribution in [3.63, 3.8) is 0 Å². The molecule has 6 aromatic rings. The molecule has 0 saturated heterocycles. The van der Waals surface area contributed by atoms with Gasteiger partial charge in [-0.15, -0.1) is 0 Å². The molecule has 1 aromatic heterocycles. The summed E-state index contributed by atoms with van der Waals surface area (Å²) >= 11 is 3.75. The lowest BCUT2D eigenvalue weighted by molar-refractivity contribution is 1.10. The summed E-state index contributed by atoms with van der Waals surface area (Å²) in [5, 5.41) is 2.44. The van der Waals surface area contributed by atoms with E-state index in [1.54, 1.807) is 0 Å². The van der Waals surface area contributed by atoms with Gasteiger partial charge >= 0.3 is 0 Å². The lowest BCUT2D eigenvalue weighted by atomic mass is 10.0. The number of para-hydroxylation sites is 1. The zero-order valence-electron chi connectivity index (χ0n) is 17.2. The highest BCUT2D eigenvalue weighted by Gasteiger charge is 2.15. The highest BCUT2D eigenvalue weighted by Crippen LogP contribution is 2.34. The maximum atomic E-state index is 5.08. The van der Waals surface area contributed by atoms with E-state index < -0.39 is 0 Å². The van der Waals surface area contributed by atoms with E-state index in [1.165, 1.54) is 16.3 Å². The fourth-order valence-electron chi connectivity index (χ4n) is 4.31. The third-order valence-electron chi connectivity index (χ3n) is 5.85. The van der Waals surface area contributed by atoms with E-state index >= 15 is 0 Å². The number of benzene rings is 5. The van der Waals surface area contributed by atoms with Crippen molar-refractivity contribution in [3.05, 3.63) is 120 Å². The van der Waals surface area contributed by atoms with Crippen molar-refractivity contribution in [3.8, 4) is 28.2 Å². The average Bonchev–Trinajstić information content (AvgIpc) is 3.24. The Morgan fingerprint density at radius 1 is 0.594 bits per heavy atom. The molecule has 32 heavy (non-hydrogen) atoms. The second-order valence-corrected chi connectivity index (χ2v) is 8.71. The fourth-order valence-corrected chi connectivity index (χ4v) is 4.92. The summed E-state index contributed by atoms with van der Waals surface area (Å²) in [6.45, 7) is 0. The summed E-state index contributed by atoms with van der Waals surface area (Å²) in [6.07, 6.45) is 0. The van der Waals surface area contributed by atoms with Gasteiger partial charge in [-0.2, -0.15) is 0 Å². The van der Waals surface area contributed by atoms with Crippen molar-refractivity contribution >= 4 is 37.7 Å². The molecule has 0 atom stereocenters. The Bertz CT molecular complexity index is 1570. The van der Waals surface area contributed by atoms with E-state index in [0.29, 0.717) is 0 Å². The van der Waals surface area contributed by atoms with E-state index in [4.69, 9.17) is 4.98 Å². The number of imidazole rings is 1. The molecular weight excluding hydrogens is 456 g/mol. The van der Waals surface area contributed by atoms with Crippen LogP contribution in [0.2, 0.25) is 0 Å². The molecule has 0 aliphatic heterocycles. The van der Waals surface area contributed by atoms with Gasteiger partial charge in [0.15, 0.2) is 0 Å². The van der Waals surface area contributed by atoms with Gasteiger partial charge in [-0.3, -0.25) is 4.57 Å². The number of halogens is 1. The van der Waals surface area contributed by atoms with E-state index in [2.05, 4.69) is 124 Å². The van der Waals surface area contributed by atoms with E-state index in [1.807, 2.05) is 12.1 Å². The van der Waals surface area contributed by atoms with Crippen LogP contribution in [0.3, 0.4) is 0 Å². The Labute approximate surface area is 194 Å². The molecule has 0 saturated carbocycles. The van der Waals surface area contributed by atoms with Gasteiger partial charge in [0, 0.05) is 15.7 Å². The van der Waals surface area contributed by atoms with Crippen LogP contribution >= 0.6 is 15.9 Å². The number of fused-ring (bicyclic) bond motifs is 2. The molecule has 6 rings (SSSR count). The molecule has 2 nitrogen and oxygen atoms in total. The molecule has 0 spiro atoms. The molecule has 0 aliphatic rings. The zero-order chi connectivity index (χ0) is 21.5. The largest absolute Gasteiger partial charge is 0.292 e. The Morgan fingerprint density at radius 3 is 2.12 bits per heavy atom. The van der Waals surface area contributed by atoms with Gasteiger partial charge in [0.25, 0.3) is 0 Å². The lowest BCUT2D eigenvalue weighted by Crippen LogP contribution is -1.97. The first-order valence-corrected chi connectivity index (χ1v) is 11.4. The van der Waals surface area contributed by atoms with Crippen LogP contribution in [0.1, 0.15) is 0 Å². The molecule has 5 aromatic carbocycles. The Kier molecular flexibility index (Phi) is 4.62. The minimum Gasteiger partial charge on any atom is -0.292 e. The van der Waals surface area contributed by atoms with Crippen molar-refractivity contribution in [2.45, 2.75) is 0 Å². The van der Waals surface area contributed by atoms with Gasteiger partial charge in [-0.25, -0.2) is 4.98 Å². The van der Waals surface area contributed by atoms with Crippen molar-refractivity contribution in [1.29, 1.82) is 0 Å². The molecule has 0 radical (unpaired) electrons. The van der Waals surface area contributed by atoms with E-state index in [-0.39, 0.29) is 0 Å². The standard InChI is InChI=1S/C29H19BrN2/c30-26-18-23(17-22-11-7-8-14-25(22)26)21-15-16-28-27(19-21)31-29(20-9-3-1-4-10-20)32(28)24-12-5-2-6-13-24/h1-19H. The van der Waals surface area contributed by atoms with Gasteiger partial charge in [0.2, 0.25) is 0 Å². The van der Waals surface area contributed by atoms with Crippen molar-refractivity contribution in [1.82, 2.24) is 9.55 Å². The van der Waals surface area contributed by atoms with Crippen molar-refractivity contribution < 1.29 is 0 Å². The van der Waals surface area contributed by atoms with Crippen LogP contribution in [0.25, 0.3) is 50.0 Å². The first-order chi connectivity index (χ1) is 15.8. The number of nitrogens with zero attached hydrogens (tertiary/aromatic N) is 2. The topological polar surface area (TPSA) is 17.8 Å². The predicted molar refractivity (Wildman–Crippen MR) is 137 cm³/mol. The van der Waals surface area contributed by atoms with Crippen LogP contribution in [-0.2, 0) is 0 Å². The molecule has 0 bridgehead atoms. The minimum atomic E-state index is 0.948. The monoisotopic (exact) mass is 474 g/mol. The molecule has 0 amide bonds. The van der Waals surface area contributed by atoms with Crippen molar-refractivity contribution in [2.75, 3.05) is 0 Å². The molecule has 0 N–H and O–H groups in total. The second kappa shape index (κ2) is 7.77. The van der Waals surface area contributed by atoms with Crippen LogP contribution in [-0.4, -0.2) is 9.55 Å². The highest BCUT2D eigenvalue weighted by atomic mass is 79.9. The highest BCUT2D eigenvalue weighted by molar-refractivity contribution is 9.10. The Balaban J connectivity index is 1.58. The van der Waals surface area contributed by atoms with Gasteiger partial charge in [0.05, 0.1) is 11.0 Å². The lowest BCUT2D eigenvalue weighted by Gasteiger charge is -2.10. The molecule has 1 heterocycles. The zero-order valence-corrected chi connectivity index (χ0v) is 18.8. The third-order valence-corrected chi connectivity index (χ3v) is 6.50. The van der Waals surface area contributed by atoms with Crippen LogP contribution in [0.15, 0.2) is 120 Å². The summed E-state index contributed by atoms with van der Waals surface area (Å²) in [5.41, 5.74) is 6.61. The summed E-state index contributed by atoms with van der Waals surface area (Å²) in [7, 11) is 0. The van der Waals surface area contributed by atoms with Gasteiger partial charge in [-0.1, -0.05) is 94.8 Å². The van der Waals surface area contributed by atoms with Crippen LogP contribution in [0.5, 0.6) is 0 Å². The number of hydrogen-bond acceptors (Lipinski definition) is 1. The number of hydrogen-bond donors (Lipinski definition) is 0. The summed E-state index contributed by atoms with van der Waals surface area (Å²) in [6, 6.07) is 40.2. The molecular formula is C29H19BrN2. The first kappa shape index (κ1) is 19.0. The van der Waals surface area contributed by atoms with Crippen LogP contribution in [0.4, 0.5) is 0 Å². The number of rotatable bonds is 3. The third kappa shape index (κ3) is 3.22. The second-order valence-electron chi connectivity index (χ2n) is 7.86. The molecule has 3 heteroatoms. The average molecular weight is 475 g/mol. The summed E-state index contributed by atoms with van der Waals surface area (Å²) in [4.78, 5) is 5.08. The van der Waals surface area contributed by atoms with Gasteiger partial charge in [-0.05, 0) is 58.3 Å². The molecule has 0 aliphatic carbocycles. The van der Waals surface area contributed by atoms with Gasteiger partial charge in [0.1, 0.15) is 5.82 Å². The van der Waals surface area contributed by atoms with E-state index in [0.717, 1.165) is 38.1 Å². The quantitative estimate of drug-likeness (QED) is 0.252. The fraction of sp³-hybridized carbons (Fsp3) is 0. The SMILES string of the molecule is Brc1cc(-c2ccc3c(c2)nc(-c2ccccc2)n3-c2ccccc2)cc2ccccc12. The van der Waals surface area contributed by atoms with Gasteiger partial charge < -0.3 is 0 Å². The molecule has 0 fully saturated rings. The predicted octanol–water partition coefficient (Wildman–Crippen LogP) is 8.28. The maximum absolute atomic E-state index is 5.08. The first-order valence-electron chi connectivity index (χ1n) is 10.6. The summed E-state index contributed by atoms with van der Waals surface area (Å²) < 4.78 is 3.34. The van der Waals surface area contributed by atoms with Crippen LogP contribution in [0, 0.1) is 0 Å². The normalized spacial score (nSPS) is 11.3. The number of aromatic nitrogens is 2. The van der Waals surface area contributed by atoms with Crippen molar-refractivity contribution in [2.24, 2.45) is 0 Å². The minimum absolute atomic E-state index is 0.948. The maximum Gasteiger partial charge on any atom is 0.145 e. The van der Waals surface area contributed by atoms with Crippen LogP contribution < -0.4 is 0 Å². The molecule has 0 unspecified atom stereocenters. The Hall–Kier alpha value is -3.69.